The number of hydrogen-bond donors (Lipinski definition) is 0. The molecule has 2 aliphatic heterocycles. The average Bonchev–Trinajstić information content (AvgIpc) is 3.23. The van der Waals surface area contributed by atoms with E-state index in [4.69, 9.17) is 4.42 Å². The molecule has 0 spiro atoms. The second kappa shape index (κ2) is 5.57. The van der Waals surface area contributed by atoms with Gasteiger partial charge < -0.3 is 9.32 Å². The highest BCUT2D eigenvalue weighted by Gasteiger charge is 2.42. The predicted octanol–water partition coefficient (Wildman–Crippen LogP) is 1.88. The fraction of sp³-hybridized carbons (Fsp3) is 0.412. The van der Waals surface area contributed by atoms with Crippen molar-refractivity contribution in [2.24, 2.45) is 11.8 Å². The molecule has 1 amide bonds. The van der Waals surface area contributed by atoms with Gasteiger partial charge in [0.15, 0.2) is 5.76 Å². The molecule has 22 heavy (non-hydrogen) atoms. The minimum atomic E-state index is 0.0238. The standard InChI is InChI=1S/C17H19N3O2/c21-17(16-5-3-7-22-16)20-10-13-8-19(9-14(13)11-20)12-15-4-1-2-6-18-15/h1-7,13-14H,8-12H2/t13-,14-/m1/s1. The van der Waals surface area contributed by atoms with Gasteiger partial charge in [0.2, 0.25) is 0 Å². The molecule has 4 heterocycles. The molecule has 2 atom stereocenters. The van der Waals surface area contributed by atoms with Gasteiger partial charge >= 0.3 is 0 Å². The molecule has 114 valence electrons. The van der Waals surface area contributed by atoms with Crippen LogP contribution in [0.3, 0.4) is 0 Å². The summed E-state index contributed by atoms with van der Waals surface area (Å²) in [6.07, 6.45) is 3.40. The number of amides is 1. The largest absolute Gasteiger partial charge is 0.459 e. The van der Waals surface area contributed by atoms with E-state index in [1.54, 1.807) is 18.4 Å². The van der Waals surface area contributed by atoms with Crippen molar-refractivity contribution in [3.8, 4) is 0 Å². The van der Waals surface area contributed by atoms with Crippen LogP contribution in [0.4, 0.5) is 0 Å². The number of carbonyl (C=O) groups is 1. The molecule has 0 N–H and O–H groups in total. The van der Waals surface area contributed by atoms with Crippen molar-refractivity contribution in [3.05, 3.63) is 54.2 Å². The Labute approximate surface area is 129 Å². The fourth-order valence-corrected chi connectivity index (χ4v) is 3.66. The van der Waals surface area contributed by atoms with Gasteiger partial charge in [-0.15, -0.1) is 0 Å². The molecular formula is C17H19N3O2. The lowest BCUT2D eigenvalue weighted by atomic mass is 10.0. The van der Waals surface area contributed by atoms with E-state index in [9.17, 15) is 4.79 Å². The summed E-state index contributed by atoms with van der Waals surface area (Å²) in [6, 6.07) is 9.55. The Morgan fingerprint density at radius 3 is 2.59 bits per heavy atom. The van der Waals surface area contributed by atoms with Crippen LogP contribution in [0, 0.1) is 11.8 Å². The molecule has 0 radical (unpaired) electrons. The van der Waals surface area contributed by atoms with Crippen LogP contribution in [0.2, 0.25) is 0 Å². The smallest absolute Gasteiger partial charge is 0.289 e. The van der Waals surface area contributed by atoms with Gasteiger partial charge in [-0.3, -0.25) is 14.7 Å². The van der Waals surface area contributed by atoms with Crippen molar-refractivity contribution in [1.82, 2.24) is 14.8 Å². The van der Waals surface area contributed by atoms with E-state index in [2.05, 4.69) is 16.0 Å². The van der Waals surface area contributed by atoms with E-state index in [1.807, 2.05) is 23.2 Å². The highest BCUT2D eigenvalue weighted by molar-refractivity contribution is 5.91. The van der Waals surface area contributed by atoms with E-state index in [0.29, 0.717) is 17.6 Å². The number of furan rings is 1. The van der Waals surface area contributed by atoms with Crippen molar-refractivity contribution in [3.63, 3.8) is 0 Å². The number of carbonyl (C=O) groups excluding carboxylic acids is 1. The lowest BCUT2D eigenvalue weighted by molar-refractivity contribution is 0.0741. The van der Waals surface area contributed by atoms with Gasteiger partial charge in [0, 0.05) is 38.9 Å². The first kappa shape index (κ1) is 13.5. The number of pyridine rings is 1. The molecule has 2 aromatic rings. The molecule has 4 rings (SSSR count). The summed E-state index contributed by atoms with van der Waals surface area (Å²) in [6.45, 7) is 4.66. The number of rotatable bonds is 3. The van der Waals surface area contributed by atoms with Gasteiger partial charge in [0.1, 0.15) is 0 Å². The van der Waals surface area contributed by atoms with Gasteiger partial charge in [0.05, 0.1) is 12.0 Å². The van der Waals surface area contributed by atoms with Crippen LogP contribution in [0.5, 0.6) is 0 Å². The molecule has 0 aliphatic carbocycles. The van der Waals surface area contributed by atoms with Crippen molar-refractivity contribution in [2.45, 2.75) is 6.54 Å². The zero-order valence-electron chi connectivity index (χ0n) is 12.4. The van der Waals surface area contributed by atoms with Crippen molar-refractivity contribution < 1.29 is 9.21 Å². The number of fused-ring (bicyclic) bond motifs is 1. The maximum atomic E-state index is 12.3. The first-order valence-corrected chi connectivity index (χ1v) is 7.74. The first-order valence-electron chi connectivity index (χ1n) is 7.74. The quantitative estimate of drug-likeness (QED) is 0.868. The summed E-state index contributed by atoms with van der Waals surface area (Å²) in [5, 5.41) is 0. The Hall–Kier alpha value is -2.14. The number of hydrogen-bond acceptors (Lipinski definition) is 4. The van der Waals surface area contributed by atoms with Gasteiger partial charge in [-0.05, 0) is 36.1 Å². The lowest BCUT2D eigenvalue weighted by Gasteiger charge is -2.20. The third-order valence-corrected chi connectivity index (χ3v) is 4.69. The van der Waals surface area contributed by atoms with Crippen molar-refractivity contribution in [2.75, 3.05) is 26.2 Å². The van der Waals surface area contributed by atoms with Crippen LogP contribution in [-0.2, 0) is 6.54 Å². The molecule has 2 aliphatic rings. The molecule has 0 saturated carbocycles. The second-order valence-electron chi connectivity index (χ2n) is 6.22. The summed E-state index contributed by atoms with van der Waals surface area (Å²) < 4.78 is 5.22. The Morgan fingerprint density at radius 2 is 1.95 bits per heavy atom. The Balaban J connectivity index is 1.36. The highest BCUT2D eigenvalue weighted by Crippen LogP contribution is 2.32. The van der Waals surface area contributed by atoms with Crippen LogP contribution in [0.25, 0.3) is 0 Å². The van der Waals surface area contributed by atoms with Crippen LogP contribution >= 0.6 is 0 Å². The van der Waals surface area contributed by atoms with Crippen LogP contribution in [0.15, 0.2) is 47.2 Å². The molecule has 5 heteroatoms. The predicted molar refractivity (Wildman–Crippen MR) is 81.1 cm³/mol. The topological polar surface area (TPSA) is 49.6 Å². The molecule has 2 fully saturated rings. The summed E-state index contributed by atoms with van der Waals surface area (Å²) in [7, 11) is 0. The van der Waals surface area contributed by atoms with Crippen molar-refractivity contribution in [1.29, 1.82) is 0 Å². The molecule has 0 unspecified atom stereocenters. The Kier molecular flexibility index (Phi) is 3.42. The molecule has 5 nitrogen and oxygen atoms in total. The van der Waals surface area contributed by atoms with Gasteiger partial charge in [0.25, 0.3) is 5.91 Å². The first-order chi connectivity index (χ1) is 10.8. The SMILES string of the molecule is O=C(c1ccco1)N1C[C@H]2CN(Cc3ccccn3)C[C@@H]2C1. The van der Waals surface area contributed by atoms with Gasteiger partial charge in [-0.25, -0.2) is 0 Å². The molecule has 2 saturated heterocycles. The minimum Gasteiger partial charge on any atom is -0.459 e. The van der Waals surface area contributed by atoms with E-state index < -0.39 is 0 Å². The van der Waals surface area contributed by atoms with E-state index in [1.165, 1.54) is 0 Å². The van der Waals surface area contributed by atoms with Crippen LogP contribution in [0.1, 0.15) is 16.2 Å². The number of likely N-dealkylation sites (tertiary alicyclic amines) is 2. The van der Waals surface area contributed by atoms with Gasteiger partial charge in [-0.1, -0.05) is 6.07 Å². The lowest BCUT2D eigenvalue weighted by Crippen LogP contribution is -2.33. The maximum absolute atomic E-state index is 12.3. The third kappa shape index (κ3) is 2.52. The summed E-state index contributed by atoms with van der Waals surface area (Å²) in [5.74, 6) is 1.62. The monoisotopic (exact) mass is 297 g/mol. The Bertz CT molecular complexity index is 627. The minimum absolute atomic E-state index is 0.0238. The molecule has 0 bridgehead atoms. The van der Waals surface area contributed by atoms with Crippen LogP contribution < -0.4 is 0 Å². The summed E-state index contributed by atoms with van der Waals surface area (Å²) in [4.78, 5) is 21.1. The van der Waals surface area contributed by atoms with Gasteiger partial charge in [-0.2, -0.15) is 0 Å². The molecule has 2 aromatic heterocycles. The fourth-order valence-electron chi connectivity index (χ4n) is 3.66. The Morgan fingerprint density at radius 1 is 1.14 bits per heavy atom. The second-order valence-corrected chi connectivity index (χ2v) is 6.22. The van der Waals surface area contributed by atoms with E-state index in [-0.39, 0.29) is 5.91 Å². The maximum Gasteiger partial charge on any atom is 0.289 e. The molecular weight excluding hydrogens is 278 g/mol. The normalized spacial score (nSPS) is 24.6. The van der Waals surface area contributed by atoms with Crippen LogP contribution in [-0.4, -0.2) is 46.9 Å². The third-order valence-electron chi connectivity index (χ3n) is 4.69. The highest BCUT2D eigenvalue weighted by atomic mass is 16.3. The summed E-state index contributed by atoms with van der Waals surface area (Å²) >= 11 is 0. The summed E-state index contributed by atoms with van der Waals surface area (Å²) in [5.41, 5.74) is 1.12. The zero-order chi connectivity index (χ0) is 14.9. The average molecular weight is 297 g/mol. The number of aromatic nitrogens is 1. The zero-order valence-corrected chi connectivity index (χ0v) is 12.4. The number of nitrogens with zero attached hydrogens (tertiary/aromatic N) is 3. The van der Waals surface area contributed by atoms with Crippen molar-refractivity contribution >= 4 is 5.91 Å². The van der Waals surface area contributed by atoms with E-state index >= 15 is 0 Å². The molecule has 0 aromatic carbocycles. The van der Waals surface area contributed by atoms with E-state index in [0.717, 1.165) is 38.4 Å².